The summed E-state index contributed by atoms with van der Waals surface area (Å²) in [5.41, 5.74) is 3.12. The van der Waals surface area contributed by atoms with Gasteiger partial charge in [0.1, 0.15) is 0 Å². The van der Waals surface area contributed by atoms with Crippen molar-refractivity contribution in [3.8, 4) is 0 Å². The molecule has 2 rings (SSSR count). The average Bonchev–Trinajstić information content (AvgIpc) is 2.50. The highest BCUT2D eigenvalue weighted by Crippen LogP contribution is 2.25. The lowest BCUT2D eigenvalue weighted by Gasteiger charge is -2.22. The van der Waals surface area contributed by atoms with Gasteiger partial charge in [-0.2, -0.15) is 0 Å². The van der Waals surface area contributed by atoms with Crippen LogP contribution in [0.2, 0.25) is 0 Å². The summed E-state index contributed by atoms with van der Waals surface area (Å²) in [4.78, 5) is 11.4. The molecule has 1 fully saturated rings. The first-order valence-electron chi connectivity index (χ1n) is 7.67. The van der Waals surface area contributed by atoms with Crippen molar-refractivity contribution in [3.05, 3.63) is 35.4 Å². The van der Waals surface area contributed by atoms with Crippen LogP contribution in [0.15, 0.2) is 29.4 Å². The van der Waals surface area contributed by atoms with Crippen LogP contribution in [0.3, 0.4) is 0 Å². The Morgan fingerprint density at radius 3 is 2.67 bits per heavy atom. The lowest BCUT2D eigenvalue weighted by Crippen LogP contribution is -2.21. The van der Waals surface area contributed by atoms with E-state index in [1.165, 1.54) is 12.0 Å². The highest BCUT2D eigenvalue weighted by molar-refractivity contribution is 5.87. The van der Waals surface area contributed by atoms with E-state index in [0.717, 1.165) is 37.0 Å². The Bertz CT molecular complexity index is 493. The van der Waals surface area contributed by atoms with Gasteiger partial charge in [0.25, 0.3) is 0 Å². The second-order valence-corrected chi connectivity index (χ2v) is 5.54. The quantitative estimate of drug-likeness (QED) is 0.513. The lowest BCUT2D eigenvalue weighted by molar-refractivity contribution is -0.142. The van der Waals surface area contributed by atoms with Crippen molar-refractivity contribution in [3.63, 3.8) is 0 Å². The van der Waals surface area contributed by atoms with Crippen LogP contribution in [0.1, 0.15) is 43.7 Å². The summed E-state index contributed by atoms with van der Waals surface area (Å²) in [6.07, 6.45) is 5.53. The van der Waals surface area contributed by atoms with E-state index in [1.54, 1.807) is 0 Å². The summed E-state index contributed by atoms with van der Waals surface area (Å²) >= 11 is 0. The minimum absolute atomic E-state index is 0.188. The first-order chi connectivity index (χ1) is 10.2. The fraction of sp³-hybridized carbons (Fsp3) is 0.529. The minimum atomic E-state index is -0.188. The first-order valence-corrected chi connectivity index (χ1v) is 7.67. The van der Waals surface area contributed by atoms with Crippen LogP contribution in [-0.2, 0) is 22.4 Å². The van der Waals surface area contributed by atoms with Gasteiger partial charge in [-0.3, -0.25) is 4.79 Å². The second-order valence-electron chi connectivity index (χ2n) is 5.54. The number of nitrogens with zero attached hydrogens (tertiary/aromatic N) is 1. The topological polar surface area (TPSA) is 58.9 Å². The largest absolute Gasteiger partial charge is 0.466 e. The molecule has 1 atom stereocenters. The molecule has 4 heteroatoms. The van der Waals surface area contributed by atoms with Crippen molar-refractivity contribution in [1.29, 1.82) is 0 Å². The first kappa shape index (κ1) is 15.5. The summed E-state index contributed by atoms with van der Waals surface area (Å²) in [6.45, 7) is 2.23. The van der Waals surface area contributed by atoms with E-state index in [1.807, 2.05) is 19.1 Å². The van der Waals surface area contributed by atoms with Gasteiger partial charge in [-0.1, -0.05) is 35.8 Å². The molecule has 0 amide bonds. The molecule has 0 saturated heterocycles. The molecule has 0 heterocycles. The van der Waals surface area contributed by atoms with Crippen molar-refractivity contribution in [2.24, 2.45) is 11.1 Å². The zero-order chi connectivity index (χ0) is 15.1. The molecule has 0 radical (unpaired) electrons. The van der Waals surface area contributed by atoms with Crippen LogP contribution < -0.4 is 0 Å². The number of hydrogen-bond donors (Lipinski definition) is 1. The number of benzene rings is 1. The smallest absolute Gasteiger partial charge is 0.310 e. The molecule has 1 aliphatic carbocycles. The number of carbonyl (C=O) groups is 1. The Morgan fingerprint density at radius 2 is 2.00 bits per heavy atom. The maximum absolute atomic E-state index is 11.4. The molecule has 4 nitrogen and oxygen atoms in total. The van der Waals surface area contributed by atoms with Crippen molar-refractivity contribution in [1.82, 2.24) is 0 Å². The fourth-order valence-electron chi connectivity index (χ4n) is 2.88. The molecule has 1 saturated carbocycles. The number of carbonyl (C=O) groups excluding carboxylic acids is 1. The molecule has 21 heavy (non-hydrogen) atoms. The molecule has 114 valence electrons. The minimum Gasteiger partial charge on any atom is -0.466 e. The monoisotopic (exact) mass is 289 g/mol. The highest BCUT2D eigenvalue weighted by atomic mass is 16.5. The number of rotatable bonds is 5. The number of esters is 1. The Labute approximate surface area is 125 Å². The summed E-state index contributed by atoms with van der Waals surface area (Å²) < 4.78 is 4.94. The third-order valence-electron chi connectivity index (χ3n) is 3.99. The van der Waals surface area contributed by atoms with Crippen LogP contribution in [0, 0.1) is 5.92 Å². The average molecular weight is 289 g/mol. The van der Waals surface area contributed by atoms with Crippen molar-refractivity contribution < 1.29 is 14.7 Å². The van der Waals surface area contributed by atoms with Crippen LogP contribution in [-0.4, -0.2) is 23.5 Å². The Kier molecular flexibility index (Phi) is 5.78. The standard InChI is InChI=1S/C17H23NO3/c1-2-21-17(19)12-14-9-7-13(8-10-14)11-15-5-3-4-6-16(15)18-20/h7-10,15,20H,2-6,11-12H2,1H3. The van der Waals surface area contributed by atoms with E-state index in [-0.39, 0.29) is 5.97 Å². The zero-order valence-corrected chi connectivity index (χ0v) is 12.5. The van der Waals surface area contributed by atoms with Crippen molar-refractivity contribution in [2.45, 2.75) is 45.4 Å². The van der Waals surface area contributed by atoms with E-state index in [4.69, 9.17) is 9.94 Å². The molecule has 1 aromatic rings. The van der Waals surface area contributed by atoms with Gasteiger partial charge in [0, 0.05) is 5.92 Å². The third kappa shape index (κ3) is 4.59. The molecule has 1 N–H and O–H groups in total. The van der Waals surface area contributed by atoms with Crippen LogP contribution in [0.5, 0.6) is 0 Å². The maximum atomic E-state index is 11.4. The Balaban J connectivity index is 1.94. The molecule has 0 aliphatic heterocycles. The molecule has 1 aromatic carbocycles. The van der Waals surface area contributed by atoms with Gasteiger partial charge in [-0.25, -0.2) is 0 Å². The summed E-state index contributed by atoms with van der Waals surface area (Å²) in [6, 6.07) is 8.06. The Morgan fingerprint density at radius 1 is 1.29 bits per heavy atom. The zero-order valence-electron chi connectivity index (χ0n) is 12.5. The summed E-state index contributed by atoms with van der Waals surface area (Å²) in [7, 11) is 0. The molecule has 0 bridgehead atoms. The van der Waals surface area contributed by atoms with Crippen molar-refractivity contribution in [2.75, 3.05) is 6.61 Å². The normalized spacial score (nSPS) is 20.4. The highest BCUT2D eigenvalue weighted by Gasteiger charge is 2.21. The molecule has 0 spiro atoms. The van der Waals surface area contributed by atoms with Crippen molar-refractivity contribution >= 4 is 11.7 Å². The summed E-state index contributed by atoms with van der Waals surface area (Å²) in [5, 5.41) is 12.5. The fourth-order valence-corrected chi connectivity index (χ4v) is 2.88. The van der Waals surface area contributed by atoms with Gasteiger partial charge < -0.3 is 9.94 Å². The maximum Gasteiger partial charge on any atom is 0.310 e. The molecule has 1 unspecified atom stereocenters. The molecule has 1 aliphatic rings. The van der Waals surface area contributed by atoms with Crippen LogP contribution in [0.4, 0.5) is 0 Å². The van der Waals surface area contributed by atoms with Gasteiger partial charge in [-0.05, 0) is 43.7 Å². The lowest BCUT2D eigenvalue weighted by atomic mass is 9.83. The predicted molar refractivity (Wildman–Crippen MR) is 81.7 cm³/mol. The van der Waals surface area contributed by atoms with Crippen LogP contribution >= 0.6 is 0 Å². The Hall–Kier alpha value is -1.84. The van der Waals surface area contributed by atoms with E-state index < -0.39 is 0 Å². The second kappa shape index (κ2) is 7.81. The van der Waals surface area contributed by atoms with E-state index in [2.05, 4.69) is 17.3 Å². The molecular formula is C17H23NO3. The third-order valence-corrected chi connectivity index (χ3v) is 3.99. The van der Waals surface area contributed by atoms with Gasteiger partial charge >= 0.3 is 5.97 Å². The predicted octanol–water partition coefficient (Wildman–Crippen LogP) is 3.36. The SMILES string of the molecule is CCOC(=O)Cc1ccc(CC2CCCCC2=NO)cc1. The summed E-state index contributed by atoms with van der Waals surface area (Å²) in [5.74, 6) is 0.159. The van der Waals surface area contributed by atoms with E-state index in [0.29, 0.717) is 18.9 Å². The number of oxime groups is 1. The van der Waals surface area contributed by atoms with Crippen LogP contribution in [0.25, 0.3) is 0 Å². The molecular weight excluding hydrogens is 266 g/mol. The van der Waals surface area contributed by atoms with E-state index >= 15 is 0 Å². The molecule has 0 aromatic heterocycles. The van der Waals surface area contributed by atoms with Gasteiger partial charge in [0.05, 0.1) is 18.7 Å². The number of hydrogen-bond acceptors (Lipinski definition) is 4. The van der Waals surface area contributed by atoms with Gasteiger partial charge in [0.2, 0.25) is 0 Å². The van der Waals surface area contributed by atoms with Gasteiger partial charge in [0.15, 0.2) is 0 Å². The number of ether oxygens (including phenoxy) is 1. The van der Waals surface area contributed by atoms with Gasteiger partial charge in [-0.15, -0.1) is 0 Å². The van der Waals surface area contributed by atoms with E-state index in [9.17, 15) is 4.79 Å².